The van der Waals surface area contributed by atoms with E-state index in [-0.39, 0.29) is 41.4 Å². The maximum Gasteiger partial charge on any atom is 0.382 e. The predicted octanol–water partition coefficient (Wildman–Crippen LogP) is 1.53. The van der Waals surface area contributed by atoms with Gasteiger partial charge in [0.05, 0.1) is 12.6 Å². The van der Waals surface area contributed by atoms with Crippen molar-refractivity contribution in [3.63, 3.8) is 0 Å². The molecule has 0 radical (unpaired) electrons. The number of hydrogen-bond acceptors (Lipinski definition) is 6. The molecule has 1 aromatic carbocycles. The number of carbonyl (C=O) groups excluding carboxylic acids is 3. The lowest BCUT2D eigenvalue weighted by molar-refractivity contribution is -0.997. The number of amides is 3. The van der Waals surface area contributed by atoms with Crippen LogP contribution in [0.15, 0.2) is 65.3 Å². The van der Waals surface area contributed by atoms with Gasteiger partial charge in [-0.3, -0.25) is 19.0 Å². The van der Waals surface area contributed by atoms with Crippen LogP contribution in [0.25, 0.3) is 11.0 Å². The maximum atomic E-state index is 13.2. The van der Waals surface area contributed by atoms with E-state index in [4.69, 9.17) is 16.4 Å². The van der Waals surface area contributed by atoms with Gasteiger partial charge in [-0.15, -0.1) is 0 Å². The van der Waals surface area contributed by atoms with Crippen LogP contribution in [0.4, 0.5) is 0 Å². The lowest BCUT2D eigenvalue weighted by Gasteiger charge is -2.18. The highest BCUT2D eigenvalue weighted by Crippen LogP contribution is 2.17. The molecule has 0 aliphatic carbocycles. The molecular formula is C24H23ClN5O5+. The number of hydroxylamine groups is 3. The highest BCUT2D eigenvalue weighted by molar-refractivity contribution is 6.30. The van der Waals surface area contributed by atoms with Gasteiger partial charge in [0, 0.05) is 23.2 Å². The Labute approximate surface area is 205 Å². The standard InChI is InChI=1S/C24H22ClN5O5/c1-30(2)21(32)11-18(35-30)13-27-20(31)14-29-22-16(4-3-9-26-22)10-19(24(29)34)23(33)28-12-15-5-7-17(25)8-6-15/h3-11H,12-14H2,1-2H3,(H-,27,28,31,33)/p+1. The zero-order chi connectivity index (χ0) is 25.2. The van der Waals surface area contributed by atoms with Crippen LogP contribution in [-0.4, -0.2) is 52.6 Å². The first-order chi connectivity index (χ1) is 16.6. The number of halogens is 1. The normalized spacial score (nSPS) is 14.4. The van der Waals surface area contributed by atoms with Crippen molar-refractivity contribution >= 4 is 40.4 Å². The Bertz CT molecular complexity index is 1410. The van der Waals surface area contributed by atoms with Crippen molar-refractivity contribution in [2.75, 3.05) is 20.6 Å². The van der Waals surface area contributed by atoms with Crippen LogP contribution >= 0.6 is 11.6 Å². The number of nitrogens with zero attached hydrogens (tertiary/aromatic N) is 3. The van der Waals surface area contributed by atoms with E-state index in [0.717, 1.165) is 10.1 Å². The van der Waals surface area contributed by atoms with Crippen molar-refractivity contribution in [3.05, 3.63) is 87.0 Å². The van der Waals surface area contributed by atoms with Crippen LogP contribution in [0.5, 0.6) is 0 Å². The summed E-state index contributed by atoms with van der Waals surface area (Å²) in [5.74, 6) is -1.03. The molecule has 1 aliphatic rings. The maximum absolute atomic E-state index is 13.2. The molecule has 4 rings (SSSR count). The van der Waals surface area contributed by atoms with E-state index in [2.05, 4.69) is 15.6 Å². The summed E-state index contributed by atoms with van der Waals surface area (Å²) in [6.07, 6.45) is 2.81. The fourth-order valence-corrected chi connectivity index (χ4v) is 3.65. The Morgan fingerprint density at radius 1 is 1.09 bits per heavy atom. The summed E-state index contributed by atoms with van der Waals surface area (Å²) in [6, 6.07) is 11.8. The number of benzene rings is 1. The van der Waals surface area contributed by atoms with E-state index in [1.165, 1.54) is 18.3 Å². The smallest absolute Gasteiger partial charge is 0.348 e. The molecule has 11 heteroatoms. The van der Waals surface area contributed by atoms with E-state index >= 15 is 0 Å². The van der Waals surface area contributed by atoms with E-state index in [1.54, 1.807) is 50.5 Å². The number of quaternary nitrogens is 1. The Morgan fingerprint density at radius 2 is 1.83 bits per heavy atom. The average molecular weight is 497 g/mol. The minimum Gasteiger partial charge on any atom is -0.348 e. The van der Waals surface area contributed by atoms with E-state index in [0.29, 0.717) is 16.2 Å². The third kappa shape index (κ3) is 5.39. The van der Waals surface area contributed by atoms with Crippen molar-refractivity contribution in [3.8, 4) is 0 Å². The van der Waals surface area contributed by atoms with E-state index in [1.807, 2.05) is 0 Å². The molecule has 2 N–H and O–H groups in total. The van der Waals surface area contributed by atoms with Gasteiger partial charge in [0.1, 0.15) is 31.9 Å². The van der Waals surface area contributed by atoms with Crippen molar-refractivity contribution in [2.24, 2.45) is 0 Å². The summed E-state index contributed by atoms with van der Waals surface area (Å²) in [5.41, 5.74) is 0.322. The van der Waals surface area contributed by atoms with Gasteiger partial charge in [-0.25, -0.2) is 9.78 Å². The molecule has 2 aromatic heterocycles. The molecule has 0 saturated carbocycles. The molecule has 0 bridgehead atoms. The van der Waals surface area contributed by atoms with Crippen molar-refractivity contribution in [1.29, 1.82) is 0 Å². The zero-order valence-electron chi connectivity index (χ0n) is 19.1. The summed E-state index contributed by atoms with van der Waals surface area (Å²) in [4.78, 5) is 60.2. The third-order valence-corrected chi connectivity index (χ3v) is 5.63. The molecule has 0 saturated heterocycles. The number of aromatic nitrogens is 2. The number of fused-ring (bicyclic) bond motifs is 1. The number of carbonyl (C=O) groups is 3. The second kappa shape index (κ2) is 9.69. The van der Waals surface area contributed by atoms with E-state index in [9.17, 15) is 19.2 Å². The number of nitrogens with one attached hydrogen (secondary N) is 2. The number of likely N-dealkylation sites (N-methyl/N-ethyl adjacent to an activating group) is 1. The summed E-state index contributed by atoms with van der Waals surface area (Å²) in [5, 5.41) is 6.46. The Kier molecular flexibility index (Phi) is 6.68. The SMILES string of the molecule is C[N+]1(C)OC(CNC(=O)Cn2c(=O)c(C(=O)NCc3ccc(Cl)cc3)cc3cccnc32)=CC1=O. The highest BCUT2D eigenvalue weighted by Gasteiger charge is 2.36. The molecule has 1 aliphatic heterocycles. The van der Waals surface area contributed by atoms with Gasteiger partial charge in [0.15, 0.2) is 5.76 Å². The van der Waals surface area contributed by atoms with Crippen LogP contribution in [0.2, 0.25) is 5.02 Å². The van der Waals surface area contributed by atoms with Gasteiger partial charge >= 0.3 is 5.91 Å². The zero-order valence-corrected chi connectivity index (χ0v) is 19.8. The summed E-state index contributed by atoms with van der Waals surface area (Å²) >= 11 is 5.89. The van der Waals surface area contributed by atoms with Gasteiger partial charge in [0.25, 0.3) is 11.5 Å². The van der Waals surface area contributed by atoms with Crippen LogP contribution < -0.4 is 16.2 Å². The van der Waals surface area contributed by atoms with Crippen LogP contribution in [0.1, 0.15) is 15.9 Å². The number of hydrogen-bond donors (Lipinski definition) is 2. The topological polar surface area (TPSA) is 119 Å². The van der Waals surface area contributed by atoms with Crippen molar-refractivity contribution in [2.45, 2.75) is 13.1 Å². The fourth-order valence-electron chi connectivity index (χ4n) is 3.52. The Balaban J connectivity index is 1.52. The van der Waals surface area contributed by atoms with Crippen molar-refractivity contribution in [1.82, 2.24) is 20.2 Å². The molecule has 0 unspecified atom stereocenters. The largest absolute Gasteiger partial charge is 0.382 e. The molecule has 35 heavy (non-hydrogen) atoms. The number of pyridine rings is 2. The minimum absolute atomic E-state index is 0.0202. The van der Waals surface area contributed by atoms with E-state index < -0.39 is 17.4 Å². The average Bonchev–Trinajstić information content (AvgIpc) is 3.10. The first kappa shape index (κ1) is 24.1. The van der Waals surface area contributed by atoms with Gasteiger partial charge in [-0.05, 0) is 35.9 Å². The lowest BCUT2D eigenvalue weighted by atomic mass is 10.1. The van der Waals surface area contributed by atoms with Crippen LogP contribution in [0, 0.1) is 0 Å². The van der Waals surface area contributed by atoms with Gasteiger partial charge in [0.2, 0.25) is 5.91 Å². The first-order valence-electron chi connectivity index (χ1n) is 10.7. The molecule has 10 nitrogen and oxygen atoms in total. The van der Waals surface area contributed by atoms with Crippen LogP contribution in [-0.2, 0) is 27.5 Å². The molecule has 0 fully saturated rings. The molecule has 3 heterocycles. The number of rotatable bonds is 7. The second-order valence-corrected chi connectivity index (χ2v) is 8.78. The first-order valence-corrected chi connectivity index (χ1v) is 11.1. The summed E-state index contributed by atoms with van der Waals surface area (Å²) in [7, 11) is 3.16. The van der Waals surface area contributed by atoms with Gasteiger partial charge in [-0.1, -0.05) is 28.4 Å². The lowest BCUT2D eigenvalue weighted by Crippen LogP contribution is -2.40. The molecule has 0 spiro atoms. The molecule has 3 amide bonds. The van der Waals surface area contributed by atoms with Crippen LogP contribution in [0.3, 0.4) is 0 Å². The molecule has 180 valence electrons. The third-order valence-electron chi connectivity index (χ3n) is 5.38. The summed E-state index contributed by atoms with van der Waals surface area (Å²) in [6.45, 7) is -0.193. The van der Waals surface area contributed by atoms with Gasteiger partial charge in [-0.2, -0.15) is 0 Å². The Morgan fingerprint density at radius 3 is 2.51 bits per heavy atom. The molecule has 0 atom stereocenters. The second-order valence-electron chi connectivity index (χ2n) is 8.34. The highest BCUT2D eigenvalue weighted by atomic mass is 35.5. The monoisotopic (exact) mass is 496 g/mol. The Hall–Kier alpha value is -4.02. The molecule has 3 aromatic rings. The molecular weight excluding hydrogens is 474 g/mol. The van der Waals surface area contributed by atoms with Crippen molar-refractivity contribution < 1.29 is 23.9 Å². The van der Waals surface area contributed by atoms with Gasteiger partial charge < -0.3 is 15.5 Å². The summed E-state index contributed by atoms with van der Waals surface area (Å²) < 4.78 is 0.851. The fraction of sp³-hybridized carbons (Fsp3) is 0.208. The predicted molar refractivity (Wildman–Crippen MR) is 128 cm³/mol. The minimum atomic E-state index is -0.649. The quantitative estimate of drug-likeness (QED) is 0.479.